The number of para-hydroxylation sites is 1. The summed E-state index contributed by atoms with van der Waals surface area (Å²) in [7, 11) is 0. The second-order valence-corrected chi connectivity index (χ2v) is 6.04. The van der Waals surface area contributed by atoms with Crippen molar-refractivity contribution in [2.45, 2.75) is 12.8 Å². The lowest BCUT2D eigenvalue weighted by Gasteiger charge is -2.17. The van der Waals surface area contributed by atoms with Gasteiger partial charge in [0, 0.05) is 30.4 Å². The lowest BCUT2D eigenvalue weighted by Crippen LogP contribution is -2.17. The summed E-state index contributed by atoms with van der Waals surface area (Å²) in [6.07, 6.45) is 8.86. The van der Waals surface area contributed by atoms with Gasteiger partial charge in [-0.25, -0.2) is 0 Å². The Morgan fingerprint density at radius 2 is 1.61 bits per heavy atom. The van der Waals surface area contributed by atoms with E-state index in [1.54, 1.807) is 0 Å². The minimum atomic E-state index is 1.04. The fourth-order valence-corrected chi connectivity index (χ4v) is 3.22. The molecule has 0 atom stereocenters. The number of hydrogen-bond donors (Lipinski definition) is 0. The summed E-state index contributed by atoms with van der Waals surface area (Å²) in [5, 5.41) is 1.19. The molecule has 0 N–H and O–H groups in total. The summed E-state index contributed by atoms with van der Waals surface area (Å²) in [6.45, 7) is 2.39. The minimum absolute atomic E-state index is 1.04. The molecular weight excluding hydrogens is 280 g/mol. The predicted molar refractivity (Wildman–Crippen MR) is 98.6 cm³/mol. The first-order chi connectivity index (χ1) is 11.4. The van der Waals surface area contributed by atoms with Crippen LogP contribution in [0.5, 0.6) is 0 Å². The van der Waals surface area contributed by atoms with Crippen molar-refractivity contribution in [3.63, 3.8) is 0 Å². The molecule has 2 nitrogen and oxygen atoms in total. The molecule has 1 aliphatic rings. The highest BCUT2D eigenvalue weighted by Gasteiger charge is 2.11. The van der Waals surface area contributed by atoms with E-state index in [4.69, 9.17) is 0 Å². The predicted octanol–water partition coefficient (Wildman–Crippen LogP) is 5.01. The van der Waals surface area contributed by atoms with Gasteiger partial charge in [0.1, 0.15) is 0 Å². The van der Waals surface area contributed by atoms with Crippen LogP contribution in [0.4, 0.5) is 5.69 Å². The van der Waals surface area contributed by atoms with Gasteiger partial charge in [-0.05, 0) is 48.2 Å². The molecule has 1 fully saturated rings. The van der Waals surface area contributed by atoms with Crippen LogP contribution in [-0.2, 0) is 0 Å². The van der Waals surface area contributed by atoms with Crippen molar-refractivity contribution in [1.82, 2.24) is 4.98 Å². The monoisotopic (exact) mass is 300 g/mol. The number of fused-ring (bicyclic) bond motifs is 1. The number of benzene rings is 2. The van der Waals surface area contributed by atoms with Gasteiger partial charge in [-0.1, -0.05) is 42.5 Å². The van der Waals surface area contributed by atoms with E-state index in [1.165, 1.54) is 48.1 Å². The van der Waals surface area contributed by atoms with Crippen LogP contribution >= 0.6 is 0 Å². The Bertz CT molecular complexity index is 823. The number of anilines is 1. The quantitative estimate of drug-likeness (QED) is 0.676. The topological polar surface area (TPSA) is 16.1 Å². The first-order valence-electron chi connectivity index (χ1n) is 8.27. The number of nitrogens with zero attached hydrogens (tertiary/aromatic N) is 2. The van der Waals surface area contributed by atoms with Gasteiger partial charge in [0.25, 0.3) is 0 Å². The highest BCUT2D eigenvalue weighted by atomic mass is 15.1. The van der Waals surface area contributed by atoms with E-state index in [9.17, 15) is 0 Å². The fraction of sp³-hybridized carbons (Fsp3) is 0.190. The lowest BCUT2D eigenvalue weighted by atomic mass is 10.1. The Balaban J connectivity index is 1.58. The number of aromatic nitrogens is 1. The SMILES string of the molecule is C(=C\c1ccnc2ccccc12)/c1ccc(N2CCCC2)cc1. The summed E-state index contributed by atoms with van der Waals surface area (Å²) < 4.78 is 0. The molecule has 0 aliphatic carbocycles. The van der Waals surface area contributed by atoms with Gasteiger partial charge >= 0.3 is 0 Å². The third-order valence-corrected chi connectivity index (χ3v) is 4.50. The molecule has 0 bridgehead atoms. The van der Waals surface area contributed by atoms with Gasteiger partial charge < -0.3 is 4.90 Å². The Hall–Kier alpha value is -2.61. The van der Waals surface area contributed by atoms with E-state index in [-0.39, 0.29) is 0 Å². The van der Waals surface area contributed by atoms with Gasteiger partial charge in [-0.2, -0.15) is 0 Å². The Morgan fingerprint density at radius 1 is 0.826 bits per heavy atom. The van der Waals surface area contributed by atoms with E-state index in [0.29, 0.717) is 0 Å². The van der Waals surface area contributed by atoms with Crippen LogP contribution in [0.1, 0.15) is 24.0 Å². The Morgan fingerprint density at radius 3 is 2.43 bits per heavy atom. The fourth-order valence-electron chi connectivity index (χ4n) is 3.22. The molecule has 2 heterocycles. The maximum Gasteiger partial charge on any atom is 0.0707 e. The lowest BCUT2D eigenvalue weighted by molar-refractivity contribution is 0.949. The molecule has 2 aromatic carbocycles. The normalized spacial score (nSPS) is 14.9. The molecule has 2 heteroatoms. The van der Waals surface area contributed by atoms with Crippen molar-refractivity contribution < 1.29 is 0 Å². The molecule has 0 unspecified atom stereocenters. The smallest absolute Gasteiger partial charge is 0.0707 e. The van der Waals surface area contributed by atoms with Crippen LogP contribution in [-0.4, -0.2) is 18.1 Å². The summed E-state index contributed by atoms with van der Waals surface area (Å²) in [6, 6.07) is 19.2. The molecule has 114 valence electrons. The Labute approximate surface area is 137 Å². The van der Waals surface area contributed by atoms with Crippen molar-refractivity contribution in [3.8, 4) is 0 Å². The van der Waals surface area contributed by atoms with Crippen LogP contribution in [0.3, 0.4) is 0 Å². The maximum atomic E-state index is 4.41. The minimum Gasteiger partial charge on any atom is -0.372 e. The van der Waals surface area contributed by atoms with Crippen molar-refractivity contribution >= 4 is 28.7 Å². The van der Waals surface area contributed by atoms with Crippen molar-refractivity contribution in [1.29, 1.82) is 0 Å². The summed E-state index contributed by atoms with van der Waals surface area (Å²) in [5.41, 5.74) is 4.82. The molecule has 0 amide bonds. The summed E-state index contributed by atoms with van der Waals surface area (Å²) >= 11 is 0. The van der Waals surface area contributed by atoms with E-state index < -0.39 is 0 Å². The number of hydrogen-bond acceptors (Lipinski definition) is 2. The maximum absolute atomic E-state index is 4.41. The molecule has 3 aromatic rings. The molecule has 0 spiro atoms. The first kappa shape index (κ1) is 14.0. The van der Waals surface area contributed by atoms with E-state index in [1.807, 2.05) is 12.3 Å². The van der Waals surface area contributed by atoms with Gasteiger partial charge in [0.2, 0.25) is 0 Å². The van der Waals surface area contributed by atoms with Crippen molar-refractivity contribution in [2.75, 3.05) is 18.0 Å². The largest absolute Gasteiger partial charge is 0.372 e. The molecule has 4 rings (SSSR count). The highest BCUT2D eigenvalue weighted by molar-refractivity contribution is 5.90. The number of rotatable bonds is 3. The molecule has 0 saturated carbocycles. The Kier molecular flexibility index (Phi) is 3.81. The van der Waals surface area contributed by atoms with E-state index in [2.05, 4.69) is 70.6 Å². The van der Waals surface area contributed by atoms with Gasteiger partial charge in [-0.3, -0.25) is 4.98 Å². The average Bonchev–Trinajstić information content (AvgIpc) is 3.15. The van der Waals surface area contributed by atoms with Gasteiger partial charge in [0.15, 0.2) is 0 Å². The van der Waals surface area contributed by atoms with Crippen LogP contribution < -0.4 is 4.90 Å². The molecule has 0 radical (unpaired) electrons. The molecule has 23 heavy (non-hydrogen) atoms. The second-order valence-electron chi connectivity index (χ2n) is 6.04. The average molecular weight is 300 g/mol. The van der Waals surface area contributed by atoms with E-state index >= 15 is 0 Å². The van der Waals surface area contributed by atoms with E-state index in [0.717, 1.165) is 5.52 Å². The number of pyridine rings is 1. The zero-order valence-electron chi connectivity index (χ0n) is 13.2. The van der Waals surface area contributed by atoms with Crippen molar-refractivity contribution in [3.05, 3.63) is 71.9 Å². The molecule has 1 aromatic heterocycles. The zero-order valence-corrected chi connectivity index (χ0v) is 13.2. The molecular formula is C21H20N2. The zero-order chi connectivity index (χ0) is 15.5. The summed E-state index contributed by atoms with van der Waals surface area (Å²) in [4.78, 5) is 6.88. The molecule has 1 saturated heterocycles. The third-order valence-electron chi connectivity index (χ3n) is 4.50. The van der Waals surface area contributed by atoms with Crippen molar-refractivity contribution in [2.24, 2.45) is 0 Å². The summed E-state index contributed by atoms with van der Waals surface area (Å²) in [5.74, 6) is 0. The standard InChI is InChI=1S/C21H20N2/c1-2-6-21-20(5-1)18(13-14-22-21)10-7-17-8-11-19(12-9-17)23-15-3-4-16-23/h1-2,5-14H,3-4,15-16H2/b10-7+. The van der Waals surface area contributed by atoms with Crippen LogP contribution in [0.15, 0.2) is 60.8 Å². The molecule has 1 aliphatic heterocycles. The van der Waals surface area contributed by atoms with Gasteiger partial charge in [0.05, 0.1) is 5.52 Å². The van der Waals surface area contributed by atoms with Gasteiger partial charge in [-0.15, -0.1) is 0 Å². The second kappa shape index (κ2) is 6.25. The van der Waals surface area contributed by atoms with Crippen LogP contribution in [0.25, 0.3) is 23.1 Å². The van der Waals surface area contributed by atoms with Crippen LogP contribution in [0.2, 0.25) is 0 Å². The first-order valence-corrected chi connectivity index (χ1v) is 8.27. The highest BCUT2D eigenvalue weighted by Crippen LogP contribution is 2.22. The van der Waals surface area contributed by atoms with Crippen LogP contribution in [0, 0.1) is 0 Å². The third kappa shape index (κ3) is 2.98.